The van der Waals surface area contributed by atoms with Crippen molar-refractivity contribution in [3.8, 4) is 0 Å². The maximum atomic E-state index is 12.7. The molecule has 0 aromatic heterocycles. The van der Waals surface area contributed by atoms with Gasteiger partial charge in [0.05, 0.1) is 13.0 Å². The number of aliphatic hydroxyl groups is 5. The van der Waals surface area contributed by atoms with Gasteiger partial charge in [-0.3, -0.25) is 14.1 Å². The van der Waals surface area contributed by atoms with Crippen LogP contribution in [-0.4, -0.2) is 98.0 Å². The van der Waals surface area contributed by atoms with Crippen molar-refractivity contribution >= 4 is 44.8 Å². The Morgan fingerprint density at radius 2 is 1.95 bits per heavy atom. The van der Waals surface area contributed by atoms with Crippen LogP contribution in [0.3, 0.4) is 0 Å². The van der Waals surface area contributed by atoms with Gasteiger partial charge in [-0.25, -0.2) is 4.28 Å². The molecule has 0 aliphatic carbocycles. The first kappa shape index (κ1) is 29.9. The van der Waals surface area contributed by atoms with Crippen molar-refractivity contribution in [2.75, 3.05) is 11.9 Å². The van der Waals surface area contributed by atoms with Gasteiger partial charge < -0.3 is 40.3 Å². The molecule has 2 heterocycles. The summed E-state index contributed by atoms with van der Waals surface area (Å²) in [5.41, 5.74) is -3.15. The molecular formula is C21H26N2O13S2. The quantitative estimate of drug-likeness (QED) is 0.0412. The van der Waals surface area contributed by atoms with Crippen LogP contribution in [0.1, 0.15) is 18.4 Å². The second-order valence-electron chi connectivity index (χ2n) is 8.31. The number of thioether (sulfide) groups is 1. The molecule has 0 saturated carbocycles. The third-order valence-electron chi connectivity index (χ3n) is 5.65. The summed E-state index contributed by atoms with van der Waals surface area (Å²) >= 11 is 0.476. The lowest BCUT2D eigenvalue weighted by molar-refractivity contribution is -0.205. The molecule has 2 aliphatic rings. The van der Waals surface area contributed by atoms with Gasteiger partial charge in [-0.1, -0.05) is 47.8 Å². The highest BCUT2D eigenvalue weighted by molar-refractivity contribution is 8.14. The van der Waals surface area contributed by atoms with E-state index in [0.717, 1.165) is 6.08 Å². The summed E-state index contributed by atoms with van der Waals surface area (Å²) in [5.74, 6) is -1.88. The van der Waals surface area contributed by atoms with E-state index in [1.165, 1.54) is 12.1 Å². The summed E-state index contributed by atoms with van der Waals surface area (Å²) in [6.07, 6.45) is -7.84. The number of esters is 1. The second kappa shape index (κ2) is 12.1. The Morgan fingerprint density at radius 1 is 1.26 bits per heavy atom. The number of para-hydroxylation sites is 1. The highest BCUT2D eigenvalue weighted by Crippen LogP contribution is 2.38. The lowest BCUT2D eigenvalue weighted by Crippen LogP contribution is -2.57. The van der Waals surface area contributed by atoms with Crippen molar-refractivity contribution in [1.29, 1.82) is 0 Å². The Labute approximate surface area is 220 Å². The van der Waals surface area contributed by atoms with Crippen LogP contribution < -0.4 is 5.32 Å². The summed E-state index contributed by atoms with van der Waals surface area (Å²) in [7, 11) is -5.08. The molecule has 15 nitrogen and oxygen atoms in total. The molecule has 0 radical (unpaired) electrons. The van der Waals surface area contributed by atoms with Crippen molar-refractivity contribution < 1.29 is 61.8 Å². The van der Waals surface area contributed by atoms with E-state index in [9.17, 15) is 43.5 Å². The molecule has 1 fully saturated rings. The minimum Gasteiger partial charge on any atom is -0.458 e. The van der Waals surface area contributed by atoms with Crippen LogP contribution in [0.25, 0.3) is 0 Å². The van der Waals surface area contributed by atoms with Gasteiger partial charge in [0.15, 0.2) is 5.60 Å². The molecule has 1 saturated heterocycles. The van der Waals surface area contributed by atoms with Crippen LogP contribution in [0.15, 0.2) is 42.1 Å². The van der Waals surface area contributed by atoms with Crippen molar-refractivity contribution in [2.24, 2.45) is 5.16 Å². The summed E-state index contributed by atoms with van der Waals surface area (Å²) in [5, 5.41) is 55.8. The average Bonchev–Trinajstić information content (AvgIpc) is 3.10. The fourth-order valence-electron chi connectivity index (χ4n) is 3.74. The standard InChI is InChI=1S/C21H26N2O13S2/c1-2-10(34-15(25)8-21(30)11-5-3-4-6-12(11)22-20(21)29)7-14(23-36-38(31,32)33)37-19-18(28)17(27)16(26)13(9-24)35-19/h2-6,10,13,16-19,24,26-28,30H,1,7-9H2,(H,22,29)(H,31,32,33). The molecule has 17 heteroatoms. The van der Waals surface area contributed by atoms with Crippen LogP contribution in [0.2, 0.25) is 0 Å². The number of amides is 1. The molecular weight excluding hydrogens is 552 g/mol. The predicted molar refractivity (Wildman–Crippen MR) is 130 cm³/mol. The zero-order valence-electron chi connectivity index (χ0n) is 19.5. The van der Waals surface area contributed by atoms with E-state index < -0.39 is 83.3 Å². The summed E-state index contributed by atoms with van der Waals surface area (Å²) in [6, 6.07) is 6.19. The maximum Gasteiger partial charge on any atom is 0.466 e. The monoisotopic (exact) mass is 578 g/mol. The summed E-state index contributed by atoms with van der Waals surface area (Å²) in [4.78, 5) is 25.0. The Balaban J connectivity index is 1.74. The van der Waals surface area contributed by atoms with Gasteiger partial charge >= 0.3 is 16.4 Å². The van der Waals surface area contributed by atoms with Gasteiger partial charge in [-0.05, 0) is 6.07 Å². The Bertz CT molecular complexity index is 1190. The van der Waals surface area contributed by atoms with Gasteiger partial charge in [0.2, 0.25) is 0 Å². The molecule has 3 rings (SSSR count). The van der Waals surface area contributed by atoms with E-state index >= 15 is 0 Å². The molecule has 7 atom stereocenters. The molecule has 2 aliphatic heterocycles. The number of hydrogen-bond acceptors (Lipinski definition) is 14. The number of hydrogen-bond donors (Lipinski definition) is 7. The molecule has 0 spiro atoms. The smallest absolute Gasteiger partial charge is 0.458 e. The highest BCUT2D eigenvalue weighted by atomic mass is 32.3. The molecule has 1 aromatic rings. The lowest BCUT2D eigenvalue weighted by atomic mass is 9.92. The van der Waals surface area contributed by atoms with Crippen molar-refractivity contribution in [3.63, 3.8) is 0 Å². The Hall–Kier alpha value is -2.61. The van der Waals surface area contributed by atoms with Crippen molar-refractivity contribution in [1.82, 2.24) is 0 Å². The maximum absolute atomic E-state index is 12.7. The molecule has 7 unspecified atom stereocenters. The number of carbonyl (C=O) groups is 2. The average molecular weight is 579 g/mol. The van der Waals surface area contributed by atoms with E-state index in [0.29, 0.717) is 17.4 Å². The largest absolute Gasteiger partial charge is 0.466 e. The van der Waals surface area contributed by atoms with Gasteiger partial charge in [0, 0.05) is 17.7 Å². The fourth-order valence-corrected chi connectivity index (χ4v) is 5.07. The first-order valence-corrected chi connectivity index (χ1v) is 13.2. The number of aliphatic hydroxyl groups excluding tert-OH is 4. The Morgan fingerprint density at radius 3 is 2.58 bits per heavy atom. The van der Waals surface area contributed by atoms with E-state index in [1.54, 1.807) is 12.1 Å². The molecule has 210 valence electrons. The minimum atomic E-state index is -5.08. The number of nitrogens with one attached hydrogen (secondary N) is 1. The van der Waals surface area contributed by atoms with Gasteiger partial charge in [0.25, 0.3) is 5.91 Å². The van der Waals surface area contributed by atoms with E-state index in [-0.39, 0.29) is 10.6 Å². The molecule has 1 aromatic carbocycles. The van der Waals surface area contributed by atoms with Crippen LogP contribution in [0.5, 0.6) is 0 Å². The minimum absolute atomic E-state index is 0.166. The first-order valence-electron chi connectivity index (χ1n) is 10.9. The lowest BCUT2D eigenvalue weighted by Gasteiger charge is -2.39. The zero-order valence-corrected chi connectivity index (χ0v) is 21.1. The number of anilines is 1. The van der Waals surface area contributed by atoms with Crippen molar-refractivity contribution in [2.45, 2.75) is 54.4 Å². The topological polar surface area (TPSA) is 242 Å². The van der Waals surface area contributed by atoms with Gasteiger partial charge in [-0.2, -0.15) is 8.42 Å². The summed E-state index contributed by atoms with van der Waals surface area (Å²) in [6.45, 7) is 2.77. The summed E-state index contributed by atoms with van der Waals surface area (Å²) < 4.78 is 45.6. The normalized spacial score (nSPS) is 30.2. The molecule has 0 bridgehead atoms. The molecule has 1 amide bonds. The third kappa shape index (κ3) is 6.87. The number of nitrogens with zero attached hydrogens (tertiary/aromatic N) is 1. The van der Waals surface area contributed by atoms with Crippen LogP contribution in [-0.2, 0) is 39.3 Å². The van der Waals surface area contributed by atoms with E-state index in [2.05, 4.69) is 21.3 Å². The molecule has 38 heavy (non-hydrogen) atoms. The number of carbonyl (C=O) groups excluding carboxylic acids is 2. The predicted octanol–water partition coefficient (Wildman–Crippen LogP) is -1.63. The molecule has 7 N–H and O–H groups in total. The van der Waals surface area contributed by atoms with E-state index in [1.807, 2.05) is 0 Å². The number of oxime groups is 1. The third-order valence-corrected chi connectivity index (χ3v) is 7.05. The van der Waals surface area contributed by atoms with Crippen LogP contribution in [0, 0.1) is 0 Å². The Kier molecular flexibility index (Phi) is 9.50. The highest BCUT2D eigenvalue weighted by Gasteiger charge is 2.48. The number of ether oxygens (including phenoxy) is 2. The first-order chi connectivity index (χ1) is 17.8. The van der Waals surface area contributed by atoms with Crippen molar-refractivity contribution in [3.05, 3.63) is 42.5 Å². The van der Waals surface area contributed by atoms with Crippen LogP contribution in [0.4, 0.5) is 5.69 Å². The van der Waals surface area contributed by atoms with Crippen LogP contribution >= 0.6 is 11.8 Å². The second-order valence-corrected chi connectivity index (χ2v) is 10.5. The van der Waals surface area contributed by atoms with Gasteiger partial charge in [0.1, 0.15) is 41.0 Å². The zero-order chi connectivity index (χ0) is 28.3. The van der Waals surface area contributed by atoms with E-state index in [4.69, 9.17) is 14.0 Å². The number of fused-ring (bicyclic) bond motifs is 1. The van der Waals surface area contributed by atoms with Gasteiger partial charge in [-0.15, -0.1) is 0 Å². The fraction of sp³-hybridized carbons (Fsp3) is 0.476. The number of rotatable bonds is 10. The number of benzene rings is 1. The SMILES string of the molecule is C=CC(CC(=NOS(=O)(=O)O)SC1OC(CO)C(O)C(O)C1O)OC(=O)CC1(O)C(=O)Nc2ccccc21.